The molecule has 0 atom stereocenters. The van der Waals surface area contributed by atoms with E-state index in [1.165, 1.54) is 0 Å². The van der Waals surface area contributed by atoms with Crippen molar-refractivity contribution in [1.82, 2.24) is 4.57 Å². The number of aliphatic imine (C=N–C) groups is 1. The first-order chi connectivity index (χ1) is 18.7. The topological polar surface area (TPSA) is 52.8 Å². The molecule has 1 aromatic heterocycles. The van der Waals surface area contributed by atoms with Crippen LogP contribution < -0.4 is 4.74 Å². The van der Waals surface area contributed by atoms with Gasteiger partial charge in [0.05, 0.1) is 30.7 Å². The van der Waals surface area contributed by atoms with Gasteiger partial charge < -0.3 is 14.0 Å². The molecule has 0 aliphatic heterocycles. The van der Waals surface area contributed by atoms with Crippen LogP contribution in [0.25, 0.3) is 28.2 Å². The SMILES string of the molecule is CCOC(=O)c1ccc(-n2c(-c3ccccc3)cc(C=Nc3ccccc3OC)c2-c2ccccc2)cc1. The Bertz CT molecular complexity index is 1550. The Hall–Kier alpha value is -4.90. The van der Waals surface area contributed by atoms with Crippen molar-refractivity contribution < 1.29 is 14.3 Å². The molecule has 5 heteroatoms. The largest absolute Gasteiger partial charge is 0.494 e. The normalized spacial score (nSPS) is 11.0. The fourth-order valence-electron chi connectivity index (χ4n) is 4.45. The second-order valence-corrected chi connectivity index (χ2v) is 8.60. The number of hydrogen-bond donors (Lipinski definition) is 0. The minimum Gasteiger partial charge on any atom is -0.494 e. The molecule has 0 aliphatic rings. The lowest BCUT2D eigenvalue weighted by atomic mass is 10.1. The van der Waals surface area contributed by atoms with Gasteiger partial charge in [0.15, 0.2) is 0 Å². The molecule has 0 bridgehead atoms. The lowest BCUT2D eigenvalue weighted by Gasteiger charge is -2.15. The molecule has 38 heavy (non-hydrogen) atoms. The highest BCUT2D eigenvalue weighted by Crippen LogP contribution is 2.36. The third kappa shape index (κ3) is 5.13. The van der Waals surface area contributed by atoms with Gasteiger partial charge in [0.25, 0.3) is 0 Å². The molecule has 0 saturated carbocycles. The van der Waals surface area contributed by atoms with Crippen molar-refractivity contribution in [1.29, 1.82) is 0 Å². The van der Waals surface area contributed by atoms with Crippen LogP contribution in [0.15, 0.2) is 120 Å². The maximum Gasteiger partial charge on any atom is 0.338 e. The van der Waals surface area contributed by atoms with E-state index >= 15 is 0 Å². The van der Waals surface area contributed by atoms with Gasteiger partial charge >= 0.3 is 5.97 Å². The summed E-state index contributed by atoms with van der Waals surface area (Å²) in [7, 11) is 1.65. The van der Waals surface area contributed by atoms with E-state index in [4.69, 9.17) is 14.5 Å². The van der Waals surface area contributed by atoms with E-state index < -0.39 is 0 Å². The highest BCUT2D eigenvalue weighted by Gasteiger charge is 2.19. The number of esters is 1. The smallest absolute Gasteiger partial charge is 0.338 e. The lowest BCUT2D eigenvalue weighted by molar-refractivity contribution is 0.0526. The quantitative estimate of drug-likeness (QED) is 0.162. The molecule has 5 aromatic rings. The van der Waals surface area contributed by atoms with Gasteiger partial charge in [0, 0.05) is 17.5 Å². The van der Waals surface area contributed by atoms with Gasteiger partial charge in [-0.1, -0.05) is 72.8 Å². The van der Waals surface area contributed by atoms with Crippen LogP contribution in [0.1, 0.15) is 22.8 Å². The van der Waals surface area contributed by atoms with E-state index in [1.54, 1.807) is 26.2 Å². The summed E-state index contributed by atoms with van der Waals surface area (Å²) in [6, 6.07) is 37.9. The molecule has 0 saturated heterocycles. The summed E-state index contributed by atoms with van der Waals surface area (Å²) in [5.41, 5.74) is 7.26. The maximum atomic E-state index is 12.3. The fourth-order valence-corrected chi connectivity index (χ4v) is 4.45. The Kier molecular flexibility index (Phi) is 7.46. The summed E-state index contributed by atoms with van der Waals surface area (Å²) in [5.74, 6) is 0.380. The van der Waals surface area contributed by atoms with Crippen molar-refractivity contribution in [2.45, 2.75) is 6.92 Å². The zero-order valence-corrected chi connectivity index (χ0v) is 21.4. The minimum atomic E-state index is -0.331. The molecule has 188 valence electrons. The third-order valence-corrected chi connectivity index (χ3v) is 6.21. The number of aromatic nitrogens is 1. The van der Waals surface area contributed by atoms with E-state index in [0.29, 0.717) is 17.9 Å². The summed E-state index contributed by atoms with van der Waals surface area (Å²) < 4.78 is 12.9. The van der Waals surface area contributed by atoms with E-state index in [9.17, 15) is 4.79 Å². The number of hydrogen-bond acceptors (Lipinski definition) is 4. The number of carbonyl (C=O) groups excluding carboxylic acids is 1. The Morgan fingerprint density at radius 1 is 0.816 bits per heavy atom. The molecule has 0 spiro atoms. The second kappa shape index (κ2) is 11.4. The molecule has 5 rings (SSSR count). The Morgan fingerprint density at radius 3 is 2.11 bits per heavy atom. The van der Waals surface area contributed by atoms with Gasteiger partial charge in [0.2, 0.25) is 0 Å². The van der Waals surface area contributed by atoms with Crippen LogP contribution in [-0.4, -0.2) is 30.5 Å². The van der Waals surface area contributed by atoms with Crippen LogP contribution in [0.3, 0.4) is 0 Å². The summed E-state index contributed by atoms with van der Waals surface area (Å²) in [4.78, 5) is 17.1. The maximum absolute atomic E-state index is 12.3. The second-order valence-electron chi connectivity index (χ2n) is 8.60. The number of para-hydroxylation sites is 2. The zero-order chi connectivity index (χ0) is 26.3. The standard InChI is InChI=1S/C33H28N2O3/c1-3-38-33(36)26-18-20-28(21-19-26)35-30(24-12-6-4-7-13-24)22-27(32(35)25-14-8-5-9-15-25)23-34-29-16-10-11-17-31(29)37-2/h4-23H,3H2,1-2H3. The molecule has 0 unspecified atom stereocenters. The summed E-state index contributed by atoms with van der Waals surface area (Å²) in [5, 5.41) is 0. The number of rotatable bonds is 8. The highest BCUT2D eigenvalue weighted by atomic mass is 16.5. The van der Waals surface area contributed by atoms with Crippen molar-refractivity contribution in [3.63, 3.8) is 0 Å². The van der Waals surface area contributed by atoms with Crippen molar-refractivity contribution in [2.75, 3.05) is 13.7 Å². The Balaban J connectivity index is 1.73. The lowest BCUT2D eigenvalue weighted by Crippen LogP contribution is -2.05. The van der Waals surface area contributed by atoms with E-state index in [0.717, 1.165) is 39.5 Å². The summed E-state index contributed by atoms with van der Waals surface area (Å²) >= 11 is 0. The minimum absolute atomic E-state index is 0.331. The van der Waals surface area contributed by atoms with E-state index in [-0.39, 0.29) is 5.97 Å². The van der Waals surface area contributed by atoms with Gasteiger partial charge in [-0.05, 0) is 60.5 Å². The molecule has 0 amide bonds. The summed E-state index contributed by atoms with van der Waals surface area (Å²) in [6.07, 6.45) is 1.89. The average molecular weight is 501 g/mol. The van der Waals surface area contributed by atoms with Crippen molar-refractivity contribution in [2.24, 2.45) is 4.99 Å². The molecular weight excluding hydrogens is 472 g/mol. The predicted octanol–water partition coefficient (Wildman–Crippen LogP) is 7.75. The van der Waals surface area contributed by atoms with Crippen LogP contribution in [0.2, 0.25) is 0 Å². The number of nitrogens with zero attached hydrogens (tertiary/aromatic N) is 2. The first-order valence-corrected chi connectivity index (χ1v) is 12.5. The molecule has 0 fully saturated rings. The molecule has 0 N–H and O–H groups in total. The molecular formula is C33H28N2O3. The average Bonchev–Trinajstić information content (AvgIpc) is 3.37. The number of benzene rings is 4. The number of carbonyl (C=O) groups is 1. The molecule has 1 heterocycles. The Labute approximate surface area is 222 Å². The van der Waals surface area contributed by atoms with Gasteiger partial charge in [-0.15, -0.1) is 0 Å². The van der Waals surface area contributed by atoms with Crippen LogP contribution in [0.5, 0.6) is 5.75 Å². The van der Waals surface area contributed by atoms with Gasteiger partial charge in [-0.2, -0.15) is 0 Å². The first kappa shape index (κ1) is 24.8. The Morgan fingerprint density at radius 2 is 1.45 bits per heavy atom. The summed E-state index contributed by atoms with van der Waals surface area (Å²) in [6.45, 7) is 2.14. The van der Waals surface area contributed by atoms with Gasteiger partial charge in [0.1, 0.15) is 11.4 Å². The van der Waals surface area contributed by atoms with Gasteiger partial charge in [-0.3, -0.25) is 4.99 Å². The fraction of sp³-hybridized carbons (Fsp3) is 0.0909. The highest BCUT2D eigenvalue weighted by molar-refractivity contribution is 5.95. The van der Waals surface area contributed by atoms with Crippen LogP contribution >= 0.6 is 0 Å². The monoisotopic (exact) mass is 500 g/mol. The van der Waals surface area contributed by atoms with Crippen LogP contribution in [0.4, 0.5) is 5.69 Å². The van der Waals surface area contributed by atoms with Crippen LogP contribution in [-0.2, 0) is 4.74 Å². The van der Waals surface area contributed by atoms with Crippen LogP contribution in [0, 0.1) is 0 Å². The predicted molar refractivity (Wildman–Crippen MR) is 153 cm³/mol. The van der Waals surface area contributed by atoms with E-state index in [2.05, 4.69) is 34.9 Å². The van der Waals surface area contributed by atoms with Crippen molar-refractivity contribution in [3.05, 3.63) is 126 Å². The van der Waals surface area contributed by atoms with Crippen molar-refractivity contribution >= 4 is 17.9 Å². The number of methoxy groups -OCH3 is 1. The third-order valence-electron chi connectivity index (χ3n) is 6.21. The number of ether oxygens (including phenoxy) is 2. The zero-order valence-electron chi connectivity index (χ0n) is 21.4. The molecule has 4 aromatic carbocycles. The van der Waals surface area contributed by atoms with Gasteiger partial charge in [-0.25, -0.2) is 4.79 Å². The first-order valence-electron chi connectivity index (χ1n) is 12.5. The molecule has 0 radical (unpaired) electrons. The van der Waals surface area contributed by atoms with E-state index in [1.807, 2.05) is 79.0 Å². The molecule has 5 nitrogen and oxygen atoms in total. The van der Waals surface area contributed by atoms with Crippen molar-refractivity contribution in [3.8, 4) is 34.0 Å². The molecule has 0 aliphatic carbocycles.